The van der Waals surface area contributed by atoms with Crippen LogP contribution in [0, 0.1) is 5.82 Å². The van der Waals surface area contributed by atoms with Crippen LogP contribution in [0.5, 0.6) is 0 Å². The maximum absolute atomic E-state index is 14.2. The van der Waals surface area contributed by atoms with E-state index >= 15 is 0 Å². The van der Waals surface area contributed by atoms with Gasteiger partial charge in [-0.1, -0.05) is 49.0 Å². The number of benzene rings is 3. The number of hydrogen-bond acceptors (Lipinski definition) is 4. The van der Waals surface area contributed by atoms with Crippen molar-refractivity contribution >= 4 is 29.2 Å². The normalized spacial score (nSPS) is 16.0. The molecule has 3 aromatic rings. The van der Waals surface area contributed by atoms with Crippen molar-refractivity contribution in [1.82, 2.24) is 9.80 Å². The summed E-state index contributed by atoms with van der Waals surface area (Å²) in [7, 11) is 1.85. The van der Waals surface area contributed by atoms with Crippen LogP contribution in [-0.4, -0.2) is 48.2 Å². The number of carbonyl (C=O) groups is 1. The number of likely N-dealkylation sites (tertiary alicyclic amines) is 1. The molecule has 5 rings (SSSR count). The van der Waals surface area contributed by atoms with Gasteiger partial charge in [0.1, 0.15) is 11.7 Å². The highest BCUT2D eigenvalue weighted by Crippen LogP contribution is 2.41. The fourth-order valence-electron chi connectivity index (χ4n) is 4.83. The summed E-state index contributed by atoms with van der Waals surface area (Å²) >= 11 is 1.58. The molecule has 180 valence electrons. The van der Waals surface area contributed by atoms with Crippen molar-refractivity contribution in [2.24, 2.45) is 4.99 Å². The zero-order valence-electron chi connectivity index (χ0n) is 20.2. The Labute approximate surface area is 210 Å². The minimum absolute atomic E-state index is 0.0249. The first-order valence-corrected chi connectivity index (χ1v) is 13.1. The number of aliphatic imine (C=N–C) groups is 1. The Balaban J connectivity index is 1.45. The van der Waals surface area contributed by atoms with Crippen LogP contribution in [0.15, 0.2) is 81.5 Å². The molecule has 0 N–H and O–H groups in total. The summed E-state index contributed by atoms with van der Waals surface area (Å²) in [5.41, 5.74) is 3.43. The second kappa shape index (κ2) is 10.2. The number of nitrogens with zero attached hydrogens (tertiary/aromatic N) is 3. The first-order chi connectivity index (χ1) is 17.0. The minimum Gasteiger partial charge on any atom is -0.356 e. The maximum atomic E-state index is 14.2. The zero-order valence-corrected chi connectivity index (χ0v) is 21.0. The Bertz CT molecular complexity index is 1250. The molecule has 1 saturated heterocycles. The van der Waals surface area contributed by atoms with Crippen LogP contribution in [0.1, 0.15) is 53.6 Å². The van der Waals surface area contributed by atoms with Crippen LogP contribution in [0.2, 0.25) is 0 Å². The fraction of sp³-hybridized carbons (Fsp3) is 0.310. The molecule has 2 aliphatic heterocycles. The Morgan fingerprint density at radius 2 is 1.77 bits per heavy atom. The molecule has 6 heteroatoms. The average Bonchev–Trinajstić information content (AvgIpc) is 3.05. The molecule has 1 atom stereocenters. The van der Waals surface area contributed by atoms with Gasteiger partial charge in [-0.3, -0.25) is 4.79 Å². The van der Waals surface area contributed by atoms with Crippen LogP contribution in [0.25, 0.3) is 0 Å². The summed E-state index contributed by atoms with van der Waals surface area (Å²) in [6.07, 6.45) is 3.41. The highest BCUT2D eigenvalue weighted by molar-refractivity contribution is 7.99. The lowest BCUT2D eigenvalue weighted by Crippen LogP contribution is -2.36. The van der Waals surface area contributed by atoms with E-state index in [1.54, 1.807) is 22.7 Å². The number of likely N-dealkylation sites (N-methyl/N-ethyl adjacent to an activating group) is 1. The molecule has 4 nitrogen and oxygen atoms in total. The van der Waals surface area contributed by atoms with Gasteiger partial charge in [-0.15, -0.1) is 0 Å². The predicted molar refractivity (Wildman–Crippen MR) is 140 cm³/mol. The smallest absolute Gasteiger partial charge is 0.253 e. The molecule has 35 heavy (non-hydrogen) atoms. The summed E-state index contributed by atoms with van der Waals surface area (Å²) in [4.78, 5) is 24.4. The van der Waals surface area contributed by atoms with Gasteiger partial charge in [0.25, 0.3) is 5.91 Å². The van der Waals surface area contributed by atoms with E-state index in [0.717, 1.165) is 52.8 Å². The van der Waals surface area contributed by atoms with Crippen LogP contribution >= 0.6 is 11.8 Å². The molecule has 0 spiro atoms. The van der Waals surface area contributed by atoms with Gasteiger partial charge in [-0.05, 0) is 67.1 Å². The number of piperidine rings is 1. The molecule has 3 aromatic carbocycles. The van der Waals surface area contributed by atoms with Gasteiger partial charge >= 0.3 is 0 Å². The van der Waals surface area contributed by atoms with Gasteiger partial charge in [0.15, 0.2) is 0 Å². The van der Waals surface area contributed by atoms with Crippen molar-refractivity contribution in [2.75, 3.05) is 26.7 Å². The van der Waals surface area contributed by atoms with E-state index in [9.17, 15) is 9.18 Å². The van der Waals surface area contributed by atoms with Crippen molar-refractivity contribution in [3.05, 3.63) is 89.2 Å². The van der Waals surface area contributed by atoms with Crippen molar-refractivity contribution < 1.29 is 9.18 Å². The van der Waals surface area contributed by atoms with E-state index in [2.05, 4.69) is 24.0 Å². The molecule has 0 aliphatic carbocycles. The van der Waals surface area contributed by atoms with Crippen molar-refractivity contribution in [3.8, 4) is 0 Å². The summed E-state index contributed by atoms with van der Waals surface area (Å²) in [5.74, 6) is 0.754. The molecule has 0 aromatic heterocycles. The van der Waals surface area contributed by atoms with Crippen LogP contribution in [0.4, 0.5) is 10.1 Å². The summed E-state index contributed by atoms with van der Waals surface area (Å²) in [6, 6.07) is 20.9. The van der Waals surface area contributed by atoms with Crippen LogP contribution in [0.3, 0.4) is 0 Å². The van der Waals surface area contributed by atoms with Crippen molar-refractivity contribution in [3.63, 3.8) is 0 Å². The van der Waals surface area contributed by atoms with E-state index in [1.165, 1.54) is 18.1 Å². The first kappa shape index (κ1) is 23.6. The third kappa shape index (κ3) is 5.13. The minimum atomic E-state index is -0.259. The molecule has 1 amide bonds. The predicted octanol–water partition coefficient (Wildman–Crippen LogP) is 6.73. The van der Waals surface area contributed by atoms with Gasteiger partial charge < -0.3 is 9.80 Å². The summed E-state index contributed by atoms with van der Waals surface area (Å²) in [6.45, 7) is 4.58. The van der Waals surface area contributed by atoms with Gasteiger partial charge in [0.2, 0.25) is 0 Å². The van der Waals surface area contributed by atoms with E-state index in [0.29, 0.717) is 12.1 Å². The number of amides is 1. The topological polar surface area (TPSA) is 35.9 Å². The second-order valence-corrected chi connectivity index (χ2v) is 10.5. The van der Waals surface area contributed by atoms with Gasteiger partial charge in [0, 0.05) is 47.6 Å². The second-order valence-electron chi connectivity index (χ2n) is 9.41. The van der Waals surface area contributed by atoms with Crippen LogP contribution < -0.4 is 0 Å². The highest BCUT2D eigenvalue weighted by atomic mass is 32.2. The molecule has 0 bridgehead atoms. The van der Waals surface area contributed by atoms with Crippen molar-refractivity contribution in [1.29, 1.82) is 0 Å². The fourth-order valence-corrected chi connectivity index (χ4v) is 5.81. The number of hydrogen-bond donors (Lipinski definition) is 0. The Morgan fingerprint density at radius 1 is 1.03 bits per heavy atom. The monoisotopic (exact) mass is 487 g/mol. The quantitative estimate of drug-likeness (QED) is 0.409. The van der Waals surface area contributed by atoms with E-state index < -0.39 is 0 Å². The molecule has 2 aliphatic rings. The van der Waals surface area contributed by atoms with Crippen LogP contribution in [-0.2, 0) is 0 Å². The van der Waals surface area contributed by atoms with Gasteiger partial charge in [0.05, 0.1) is 5.69 Å². The zero-order chi connectivity index (χ0) is 24.4. The third-order valence-electron chi connectivity index (χ3n) is 6.75. The Kier molecular flexibility index (Phi) is 6.91. The Morgan fingerprint density at radius 3 is 2.54 bits per heavy atom. The standard InChI is InChI=1S/C29H30FN3OS/c1-20(21-9-5-3-6-10-21)19-32(2)29(34)22-11-13-27-25(17-22)31-28(33-15-7-4-8-16-33)24-18-23(30)12-14-26(24)35-27/h3,5-6,9-14,17-18,20H,4,7-8,15-16,19H2,1-2H3. The Hall–Kier alpha value is -3.12. The SMILES string of the molecule is CC(CN(C)C(=O)c1ccc2c(c1)N=C(N1CCCCC1)c1cc(F)ccc1S2)c1ccccc1. The molecular formula is C29H30FN3OS. The lowest BCUT2D eigenvalue weighted by atomic mass is 10.0. The lowest BCUT2D eigenvalue weighted by molar-refractivity contribution is 0.0788. The maximum Gasteiger partial charge on any atom is 0.253 e. The molecule has 1 fully saturated rings. The first-order valence-electron chi connectivity index (χ1n) is 12.3. The largest absolute Gasteiger partial charge is 0.356 e. The summed E-state index contributed by atoms with van der Waals surface area (Å²) in [5, 5.41) is 0. The van der Waals surface area contributed by atoms with E-state index in [4.69, 9.17) is 4.99 Å². The number of fused-ring (bicyclic) bond motifs is 2. The molecule has 0 radical (unpaired) electrons. The number of rotatable bonds is 4. The van der Waals surface area contributed by atoms with E-state index in [1.807, 2.05) is 49.5 Å². The number of amidine groups is 1. The van der Waals surface area contributed by atoms with Crippen molar-refractivity contribution in [2.45, 2.75) is 41.9 Å². The molecular weight excluding hydrogens is 457 g/mol. The molecule has 0 saturated carbocycles. The van der Waals surface area contributed by atoms with E-state index in [-0.39, 0.29) is 17.6 Å². The van der Waals surface area contributed by atoms with Gasteiger partial charge in [-0.25, -0.2) is 9.38 Å². The lowest BCUT2D eigenvalue weighted by Gasteiger charge is -2.30. The number of carbonyl (C=O) groups excluding carboxylic acids is 1. The summed E-state index contributed by atoms with van der Waals surface area (Å²) < 4.78 is 14.2. The molecule has 2 heterocycles. The molecule has 1 unspecified atom stereocenters. The average molecular weight is 488 g/mol. The third-order valence-corrected chi connectivity index (χ3v) is 7.89. The highest BCUT2D eigenvalue weighted by Gasteiger charge is 2.25. The number of halogens is 1. The van der Waals surface area contributed by atoms with Gasteiger partial charge in [-0.2, -0.15) is 0 Å².